The number of aliphatic hydroxyl groups excluding tert-OH is 4. The van der Waals surface area contributed by atoms with E-state index in [2.05, 4.69) is 48.5 Å². The zero-order valence-electron chi connectivity index (χ0n) is 27.1. The van der Waals surface area contributed by atoms with E-state index in [-0.39, 0.29) is 52.1 Å². The number of aliphatic hydroxyl groups is 4. The van der Waals surface area contributed by atoms with Crippen molar-refractivity contribution in [1.82, 2.24) is 0 Å². The van der Waals surface area contributed by atoms with Crippen molar-refractivity contribution < 1.29 is 20.4 Å². The molecule has 5 aliphatic carbocycles. The van der Waals surface area contributed by atoms with Gasteiger partial charge in [-0.2, -0.15) is 0 Å². The molecule has 0 bridgehead atoms. The molecule has 4 N–H and O–H groups in total. The first kappa shape index (κ1) is 31.3. The minimum atomic E-state index is -0.552. The highest BCUT2D eigenvalue weighted by Crippen LogP contribution is 2.73. The fraction of sp³-hybridized carbons (Fsp3) is 1.00. The van der Waals surface area contributed by atoms with Crippen molar-refractivity contribution in [2.24, 2.45) is 75.4 Å². The van der Waals surface area contributed by atoms with Crippen LogP contribution in [0, 0.1) is 75.4 Å². The Morgan fingerprint density at radius 1 is 0.825 bits per heavy atom. The minimum Gasteiger partial charge on any atom is -0.393 e. The lowest BCUT2D eigenvalue weighted by Crippen LogP contribution is -2.70. The van der Waals surface area contributed by atoms with Gasteiger partial charge in [0.05, 0.1) is 24.4 Å². The molecule has 5 saturated carbocycles. The Labute approximate surface area is 246 Å². The topological polar surface area (TPSA) is 80.9 Å². The molecule has 0 radical (unpaired) electrons. The molecule has 4 nitrogen and oxygen atoms in total. The van der Waals surface area contributed by atoms with Gasteiger partial charge in [0, 0.05) is 11.3 Å². The fourth-order valence-electron chi connectivity index (χ4n) is 13.1. The van der Waals surface area contributed by atoms with Gasteiger partial charge in [0.15, 0.2) is 0 Å². The van der Waals surface area contributed by atoms with Gasteiger partial charge in [-0.3, -0.25) is 0 Å². The summed E-state index contributed by atoms with van der Waals surface area (Å²) in [5.41, 5.74) is -0.260. The molecule has 0 aliphatic heterocycles. The normalized spacial score (nSPS) is 56.4. The van der Waals surface area contributed by atoms with Crippen LogP contribution >= 0.6 is 0 Å². The second-order valence-electron chi connectivity index (χ2n) is 17.2. The van der Waals surface area contributed by atoms with Crippen molar-refractivity contribution in [3.05, 3.63) is 0 Å². The smallest absolute Gasteiger partial charge is 0.0656 e. The quantitative estimate of drug-likeness (QED) is 0.290. The number of hydrogen-bond acceptors (Lipinski definition) is 4. The van der Waals surface area contributed by atoms with Gasteiger partial charge in [-0.15, -0.1) is 0 Å². The maximum Gasteiger partial charge on any atom is 0.0656 e. The van der Waals surface area contributed by atoms with Crippen molar-refractivity contribution >= 4 is 0 Å². The van der Waals surface area contributed by atoms with E-state index >= 15 is 0 Å². The molecule has 12 unspecified atom stereocenters. The molecule has 0 saturated heterocycles. The Hall–Kier alpha value is -0.160. The predicted octanol–water partition coefficient (Wildman–Crippen LogP) is 7.07. The molecule has 15 atom stereocenters. The first-order valence-corrected chi connectivity index (χ1v) is 17.4. The molecule has 0 aromatic heterocycles. The SMILES string of the molecule is CCC(O)CC1CCC(C2CCC(C)C3C(O)C4C(C)[C@]5(C)C(O)C(C(C)O)C(C)C[C@]5(C)C[C@]4(C)CC23)CC1. The molecule has 4 heteroatoms. The van der Waals surface area contributed by atoms with Crippen LogP contribution in [-0.2, 0) is 0 Å². The van der Waals surface area contributed by atoms with Crippen LogP contribution in [-0.4, -0.2) is 44.8 Å². The van der Waals surface area contributed by atoms with Crippen LogP contribution in [0.25, 0.3) is 0 Å². The second-order valence-corrected chi connectivity index (χ2v) is 17.2. The molecule has 0 heterocycles. The largest absolute Gasteiger partial charge is 0.393 e. The van der Waals surface area contributed by atoms with Gasteiger partial charge in [0.2, 0.25) is 0 Å². The summed E-state index contributed by atoms with van der Waals surface area (Å²) >= 11 is 0. The first-order valence-electron chi connectivity index (χ1n) is 17.4. The summed E-state index contributed by atoms with van der Waals surface area (Å²) in [4.78, 5) is 0. The molecule has 0 amide bonds. The highest BCUT2D eigenvalue weighted by molar-refractivity contribution is 5.18. The van der Waals surface area contributed by atoms with Crippen molar-refractivity contribution in [3.8, 4) is 0 Å². The average molecular weight is 561 g/mol. The summed E-state index contributed by atoms with van der Waals surface area (Å²) < 4.78 is 0. The highest BCUT2D eigenvalue weighted by Gasteiger charge is 2.70. The molecule has 5 aliphatic rings. The Balaban J connectivity index is 1.42. The standard InChI is InChI=1S/C36H64O4/c1-9-26(38)16-24-11-13-25(14-12-24)27-15-10-20(2)30-28(27)18-34(6)19-35(7)17-21(3)29(23(5)37)33(40)36(35,8)22(4)31(34)32(30)39/h20-33,37-40H,9-19H2,1-8H3/t20?,21?,22?,23?,24?,25?,26?,27?,28?,29?,30?,31?,32?,33?,34-,35+,36+/m0/s1. The zero-order chi connectivity index (χ0) is 29.4. The van der Waals surface area contributed by atoms with E-state index in [1.54, 1.807) is 0 Å². The lowest BCUT2D eigenvalue weighted by molar-refractivity contribution is -0.280. The van der Waals surface area contributed by atoms with Crippen LogP contribution < -0.4 is 0 Å². The predicted molar refractivity (Wildman–Crippen MR) is 162 cm³/mol. The Morgan fingerprint density at radius 3 is 2.08 bits per heavy atom. The molecule has 232 valence electrons. The molecule has 0 aromatic carbocycles. The highest BCUT2D eigenvalue weighted by atomic mass is 16.3. The van der Waals surface area contributed by atoms with Gasteiger partial charge in [-0.05, 0) is 122 Å². The van der Waals surface area contributed by atoms with E-state index in [1.807, 2.05) is 6.92 Å². The van der Waals surface area contributed by atoms with E-state index in [1.165, 1.54) is 44.9 Å². The number of rotatable bonds is 5. The molecule has 5 rings (SSSR count). The van der Waals surface area contributed by atoms with Gasteiger partial charge in [-0.1, -0.05) is 67.7 Å². The summed E-state index contributed by atoms with van der Waals surface area (Å²) in [5.74, 6) is 4.25. The molecular weight excluding hydrogens is 496 g/mol. The van der Waals surface area contributed by atoms with E-state index in [9.17, 15) is 20.4 Å². The lowest BCUT2D eigenvalue weighted by Gasteiger charge is -2.72. The Bertz CT molecular complexity index is 882. The van der Waals surface area contributed by atoms with Crippen molar-refractivity contribution in [2.45, 2.75) is 150 Å². The Morgan fingerprint density at radius 2 is 1.48 bits per heavy atom. The molecule has 40 heavy (non-hydrogen) atoms. The summed E-state index contributed by atoms with van der Waals surface area (Å²) in [7, 11) is 0. The molecule has 0 aromatic rings. The van der Waals surface area contributed by atoms with E-state index in [0.717, 1.165) is 37.5 Å². The van der Waals surface area contributed by atoms with Gasteiger partial charge in [-0.25, -0.2) is 0 Å². The summed E-state index contributed by atoms with van der Waals surface area (Å²) in [5, 5.41) is 45.4. The van der Waals surface area contributed by atoms with Crippen molar-refractivity contribution in [2.75, 3.05) is 0 Å². The molecular formula is C36H64O4. The third-order valence-electron chi connectivity index (χ3n) is 15.0. The minimum absolute atomic E-state index is 0.0115. The van der Waals surface area contributed by atoms with Crippen LogP contribution in [0.5, 0.6) is 0 Å². The first-order chi connectivity index (χ1) is 18.7. The number of hydrogen-bond donors (Lipinski definition) is 4. The zero-order valence-corrected chi connectivity index (χ0v) is 27.1. The average Bonchev–Trinajstić information content (AvgIpc) is 2.86. The van der Waals surface area contributed by atoms with Gasteiger partial charge in [0.1, 0.15) is 0 Å². The third-order valence-corrected chi connectivity index (χ3v) is 15.0. The van der Waals surface area contributed by atoms with Crippen molar-refractivity contribution in [1.29, 1.82) is 0 Å². The summed E-state index contributed by atoms with van der Waals surface area (Å²) in [6.45, 7) is 18.2. The van der Waals surface area contributed by atoms with Gasteiger partial charge < -0.3 is 20.4 Å². The van der Waals surface area contributed by atoms with Gasteiger partial charge >= 0.3 is 0 Å². The van der Waals surface area contributed by atoms with E-state index < -0.39 is 12.2 Å². The monoisotopic (exact) mass is 560 g/mol. The van der Waals surface area contributed by atoms with Crippen LogP contribution in [0.15, 0.2) is 0 Å². The van der Waals surface area contributed by atoms with Crippen molar-refractivity contribution in [3.63, 3.8) is 0 Å². The second kappa shape index (κ2) is 11.1. The third kappa shape index (κ3) is 4.76. The maximum absolute atomic E-state index is 12.4. The Kier molecular flexibility index (Phi) is 8.66. The summed E-state index contributed by atoms with van der Waals surface area (Å²) in [6, 6.07) is 0. The number of fused-ring (bicyclic) bond motifs is 3. The van der Waals surface area contributed by atoms with E-state index in [4.69, 9.17) is 0 Å². The van der Waals surface area contributed by atoms with Crippen LogP contribution in [0.4, 0.5) is 0 Å². The fourth-order valence-corrected chi connectivity index (χ4v) is 13.1. The molecule has 0 spiro atoms. The van der Waals surface area contributed by atoms with Crippen LogP contribution in [0.2, 0.25) is 0 Å². The van der Waals surface area contributed by atoms with Gasteiger partial charge in [0.25, 0.3) is 0 Å². The molecule has 5 fully saturated rings. The summed E-state index contributed by atoms with van der Waals surface area (Å²) in [6.07, 6.45) is 11.3. The van der Waals surface area contributed by atoms with Crippen LogP contribution in [0.1, 0.15) is 126 Å². The maximum atomic E-state index is 12.4. The lowest BCUT2D eigenvalue weighted by atomic mass is 9.34. The van der Waals surface area contributed by atoms with E-state index in [0.29, 0.717) is 23.7 Å². The van der Waals surface area contributed by atoms with Crippen LogP contribution in [0.3, 0.4) is 0 Å².